The third kappa shape index (κ3) is 3.98. The van der Waals surface area contributed by atoms with Gasteiger partial charge in [-0.2, -0.15) is 0 Å². The van der Waals surface area contributed by atoms with Crippen LogP contribution in [0.3, 0.4) is 0 Å². The largest absolute Gasteiger partial charge is 0.396 e. The summed E-state index contributed by atoms with van der Waals surface area (Å²) in [4.78, 5) is 8.79. The Morgan fingerprint density at radius 1 is 1.50 bits per heavy atom. The van der Waals surface area contributed by atoms with E-state index >= 15 is 0 Å². The van der Waals surface area contributed by atoms with E-state index in [0.29, 0.717) is 5.25 Å². The van der Waals surface area contributed by atoms with Gasteiger partial charge in [0.15, 0.2) is 0 Å². The van der Waals surface area contributed by atoms with Crippen LogP contribution in [-0.4, -0.2) is 34.0 Å². The molecule has 0 bridgehead atoms. The third-order valence-electron chi connectivity index (χ3n) is 2.18. The average Bonchev–Trinajstić information content (AvgIpc) is 2.28. The van der Waals surface area contributed by atoms with E-state index in [2.05, 4.69) is 22.2 Å². The van der Waals surface area contributed by atoms with Crippen molar-refractivity contribution in [3.63, 3.8) is 0 Å². The molecule has 0 saturated carbocycles. The quantitative estimate of drug-likeness (QED) is 0.589. The van der Waals surface area contributed by atoms with Crippen LogP contribution in [-0.2, 0) is 6.42 Å². The molecule has 1 atom stereocenters. The number of hydrogen-bond donors (Lipinski definition) is 2. The first-order chi connectivity index (χ1) is 7.69. The van der Waals surface area contributed by atoms with Gasteiger partial charge in [-0.15, -0.1) is 11.8 Å². The minimum atomic E-state index is 0.221. The number of rotatable bonds is 6. The second kappa shape index (κ2) is 6.70. The van der Waals surface area contributed by atoms with Crippen molar-refractivity contribution in [2.24, 2.45) is 0 Å². The van der Waals surface area contributed by atoms with Gasteiger partial charge in [0.2, 0.25) is 0 Å². The van der Waals surface area contributed by atoms with Crippen LogP contribution in [0, 0.1) is 0 Å². The molecule has 90 valence electrons. The summed E-state index contributed by atoms with van der Waals surface area (Å²) in [6.45, 7) is 4.35. The molecule has 1 heterocycles. The minimum absolute atomic E-state index is 0.221. The van der Waals surface area contributed by atoms with E-state index in [9.17, 15) is 0 Å². The summed E-state index contributed by atoms with van der Waals surface area (Å²) in [5, 5.41) is 13.2. The number of anilines is 1. The molecule has 0 aliphatic heterocycles. The van der Waals surface area contributed by atoms with E-state index < -0.39 is 0 Å². The summed E-state index contributed by atoms with van der Waals surface area (Å²) < 4.78 is 0. The SMILES string of the molecule is CCc1nc(NC)cc(SC(C)CCO)n1. The summed E-state index contributed by atoms with van der Waals surface area (Å²) in [5.74, 6) is 1.70. The lowest BCUT2D eigenvalue weighted by Crippen LogP contribution is -2.03. The Hall–Kier alpha value is -0.810. The number of thioether (sulfide) groups is 1. The molecule has 2 N–H and O–H groups in total. The van der Waals surface area contributed by atoms with Gasteiger partial charge in [-0.3, -0.25) is 0 Å². The number of aromatic nitrogens is 2. The van der Waals surface area contributed by atoms with Crippen molar-refractivity contribution in [3.8, 4) is 0 Å². The van der Waals surface area contributed by atoms with E-state index in [4.69, 9.17) is 5.11 Å². The fourth-order valence-corrected chi connectivity index (χ4v) is 2.24. The van der Waals surface area contributed by atoms with Crippen molar-refractivity contribution in [1.29, 1.82) is 0 Å². The second-order valence-electron chi connectivity index (χ2n) is 3.55. The van der Waals surface area contributed by atoms with Gasteiger partial charge in [-0.1, -0.05) is 13.8 Å². The Labute approximate surface area is 101 Å². The van der Waals surface area contributed by atoms with Crippen LogP contribution in [0.5, 0.6) is 0 Å². The van der Waals surface area contributed by atoms with Crippen molar-refractivity contribution in [2.45, 2.75) is 37.0 Å². The maximum absolute atomic E-state index is 8.86. The molecule has 0 amide bonds. The van der Waals surface area contributed by atoms with Gasteiger partial charge in [0, 0.05) is 31.4 Å². The summed E-state index contributed by atoms with van der Waals surface area (Å²) in [6, 6.07) is 1.94. The molecule has 0 aliphatic rings. The fraction of sp³-hybridized carbons (Fsp3) is 0.636. The molecule has 1 rings (SSSR count). The van der Waals surface area contributed by atoms with Crippen molar-refractivity contribution in [2.75, 3.05) is 19.0 Å². The molecular formula is C11H19N3OS. The smallest absolute Gasteiger partial charge is 0.131 e. The van der Waals surface area contributed by atoms with Gasteiger partial charge in [-0.25, -0.2) is 9.97 Å². The highest BCUT2D eigenvalue weighted by Crippen LogP contribution is 2.24. The lowest BCUT2D eigenvalue weighted by atomic mass is 10.3. The third-order valence-corrected chi connectivity index (χ3v) is 3.27. The van der Waals surface area contributed by atoms with E-state index in [1.54, 1.807) is 11.8 Å². The molecule has 1 aromatic rings. The highest BCUT2D eigenvalue weighted by atomic mass is 32.2. The van der Waals surface area contributed by atoms with Crippen LogP contribution < -0.4 is 5.32 Å². The van der Waals surface area contributed by atoms with Crippen molar-refractivity contribution in [1.82, 2.24) is 9.97 Å². The number of nitrogens with one attached hydrogen (secondary N) is 1. The minimum Gasteiger partial charge on any atom is -0.396 e. The number of hydrogen-bond acceptors (Lipinski definition) is 5. The number of aliphatic hydroxyl groups excluding tert-OH is 1. The van der Waals surface area contributed by atoms with Crippen LogP contribution in [0.2, 0.25) is 0 Å². The first kappa shape index (κ1) is 13.3. The zero-order chi connectivity index (χ0) is 12.0. The second-order valence-corrected chi connectivity index (χ2v) is 5.01. The van der Waals surface area contributed by atoms with Gasteiger partial charge in [0.25, 0.3) is 0 Å². The monoisotopic (exact) mass is 241 g/mol. The fourth-order valence-electron chi connectivity index (χ4n) is 1.27. The maximum Gasteiger partial charge on any atom is 0.131 e. The molecule has 0 aliphatic carbocycles. The number of aryl methyl sites for hydroxylation is 1. The zero-order valence-corrected chi connectivity index (χ0v) is 10.8. The molecular weight excluding hydrogens is 222 g/mol. The maximum atomic E-state index is 8.86. The van der Waals surface area contributed by atoms with Crippen LogP contribution in [0.4, 0.5) is 5.82 Å². The topological polar surface area (TPSA) is 58.0 Å². The molecule has 0 saturated heterocycles. The Kier molecular flexibility index (Phi) is 5.55. The van der Waals surface area contributed by atoms with Crippen molar-refractivity contribution >= 4 is 17.6 Å². The lowest BCUT2D eigenvalue weighted by Gasteiger charge is -2.10. The lowest BCUT2D eigenvalue weighted by molar-refractivity contribution is 0.289. The van der Waals surface area contributed by atoms with Crippen molar-refractivity contribution in [3.05, 3.63) is 11.9 Å². The average molecular weight is 241 g/mol. The Morgan fingerprint density at radius 2 is 2.25 bits per heavy atom. The standard InChI is InChI=1S/C11H19N3OS/c1-4-9-13-10(12-3)7-11(14-9)16-8(2)5-6-15/h7-8,15H,4-6H2,1-3H3,(H,12,13,14). The molecule has 5 heteroatoms. The van der Waals surface area contributed by atoms with E-state index in [1.807, 2.05) is 20.0 Å². The predicted molar refractivity (Wildman–Crippen MR) is 68.0 cm³/mol. The van der Waals surface area contributed by atoms with Gasteiger partial charge < -0.3 is 10.4 Å². The molecule has 0 radical (unpaired) electrons. The van der Waals surface area contributed by atoms with Crippen LogP contribution >= 0.6 is 11.8 Å². The zero-order valence-electron chi connectivity index (χ0n) is 10.0. The highest BCUT2D eigenvalue weighted by Gasteiger charge is 2.08. The highest BCUT2D eigenvalue weighted by molar-refractivity contribution is 7.99. The molecule has 1 unspecified atom stereocenters. The van der Waals surface area contributed by atoms with Crippen LogP contribution in [0.25, 0.3) is 0 Å². The van der Waals surface area contributed by atoms with Gasteiger partial charge >= 0.3 is 0 Å². The van der Waals surface area contributed by atoms with Gasteiger partial charge in [0.1, 0.15) is 16.7 Å². The molecule has 0 aromatic carbocycles. The van der Waals surface area contributed by atoms with Gasteiger partial charge in [-0.05, 0) is 6.42 Å². The first-order valence-corrected chi connectivity index (χ1v) is 6.40. The van der Waals surface area contributed by atoms with Crippen LogP contribution in [0.15, 0.2) is 11.1 Å². The summed E-state index contributed by atoms with van der Waals surface area (Å²) in [6.07, 6.45) is 1.61. The van der Waals surface area contributed by atoms with E-state index in [0.717, 1.165) is 29.5 Å². The van der Waals surface area contributed by atoms with E-state index in [-0.39, 0.29) is 6.61 Å². The van der Waals surface area contributed by atoms with Crippen molar-refractivity contribution < 1.29 is 5.11 Å². The summed E-state index contributed by atoms with van der Waals surface area (Å²) >= 11 is 1.68. The molecule has 16 heavy (non-hydrogen) atoms. The Bertz CT molecular complexity index is 311. The number of aliphatic hydroxyl groups is 1. The Morgan fingerprint density at radius 3 is 2.81 bits per heavy atom. The van der Waals surface area contributed by atoms with Crippen LogP contribution in [0.1, 0.15) is 26.1 Å². The Balaban J connectivity index is 2.78. The normalized spacial score (nSPS) is 12.5. The predicted octanol–water partition coefficient (Wildman–Crippen LogP) is 1.94. The molecule has 4 nitrogen and oxygen atoms in total. The molecule has 0 fully saturated rings. The molecule has 0 spiro atoms. The summed E-state index contributed by atoms with van der Waals surface area (Å²) in [5.41, 5.74) is 0. The first-order valence-electron chi connectivity index (χ1n) is 5.52. The molecule has 1 aromatic heterocycles. The summed E-state index contributed by atoms with van der Waals surface area (Å²) in [7, 11) is 1.85. The van der Waals surface area contributed by atoms with Gasteiger partial charge in [0.05, 0.1) is 0 Å². The van der Waals surface area contributed by atoms with E-state index in [1.165, 1.54) is 0 Å². The number of nitrogens with zero attached hydrogens (tertiary/aromatic N) is 2.